The first-order valence-electron chi connectivity index (χ1n) is 12.9. The maximum Gasteiger partial charge on any atom is 0.416 e. The van der Waals surface area contributed by atoms with Gasteiger partial charge in [0, 0.05) is 18.2 Å². The van der Waals surface area contributed by atoms with Crippen molar-refractivity contribution in [2.45, 2.75) is 6.61 Å². The predicted molar refractivity (Wildman–Crippen MR) is 164 cm³/mol. The van der Waals surface area contributed by atoms with Crippen molar-refractivity contribution in [2.75, 3.05) is 47.8 Å². The van der Waals surface area contributed by atoms with Crippen molar-refractivity contribution in [3.8, 4) is 5.75 Å². The zero-order valence-electron chi connectivity index (χ0n) is 23.4. The fourth-order valence-corrected chi connectivity index (χ4v) is 3.52. The van der Waals surface area contributed by atoms with Gasteiger partial charge in [-0.15, -0.1) is 0 Å². The number of aliphatic hydroxyl groups is 1. The molecule has 0 radical (unpaired) electrons. The summed E-state index contributed by atoms with van der Waals surface area (Å²) >= 11 is 0. The highest BCUT2D eigenvalue weighted by Crippen LogP contribution is 2.21. The van der Waals surface area contributed by atoms with E-state index < -0.39 is 12.0 Å². The van der Waals surface area contributed by atoms with Crippen molar-refractivity contribution in [1.29, 1.82) is 0 Å². The molecule has 224 valence electrons. The average Bonchev–Trinajstić information content (AvgIpc) is 3.03. The summed E-state index contributed by atoms with van der Waals surface area (Å²) in [4.78, 5) is 40.7. The van der Waals surface area contributed by atoms with E-state index in [4.69, 9.17) is 26.7 Å². The van der Waals surface area contributed by atoms with Gasteiger partial charge in [-0.2, -0.15) is 0 Å². The van der Waals surface area contributed by atoms with Crippen LogP contribution in [0.2, 0.25) is 0 Å². The van der Waals surface area contributed by atoms with E-state index in [0.29, 0.717) is 33.9 Å². The molecule has 0 saturated carbocycles. The zero-order chi connectivity index (χ0) is 31.2. The van der Waals surface area contributed by atoms with Crippen LogP contribution in [-0.2, 0) is 16.1 Å². The first kappa shape index (κ1) is 31.7. The second-order valence-electron chi connectivity index (χ2n) is 8.82. The molecule has 43 heavy (non-hydrogen) atoms. The number of pyridine rings is 1. The molecule has 0 saturated heterocycles. The zero-order valence-corrected chi connectivity index (χ0v) is 23.4. The third kappa shape index (κ3) is 9.65. The van der Waals surface area contributed by atoms with Crippen molar-refractivity contribution in [3.05, 3.63) is 102 Å². The number of nitrogens with zero attached hydrogens (tertiary/aromatic N) is 2. The minimum absolute atomic E-state index is 0.140. The fourth-order valence-electron chi connectivity index (χ4n) is 3.52. The van der Waals surface area contributed by atoms with Crippen molar-refractivity contribution in [3.63, 3.8) is 0 Å². The molecular formula is C30H33N7O6. The number of rotatable bonds is 9. The molecule has 1 heterocycles. The lowest BCUT2D eigenvalue weighted by Crippen LogP contribution is -2.33. The lowest BCUT2D eigenvalue weighted by molar-refractivity contribution is -0.115. The number of aliphatic hydroxyl groups excluding tert-OH is 1. The van der Waals surface area contributed by atoms with Crippen LogP contribution in [0.4, 0.5) is 33.5 Å². The first-order valence-corrected chi connectivity index (χ1v) is 12.9. The fraction of sp³-hybridized carbons (Fsp3) is 0.133. The number of amides is 3. The lowest BCUT2D eigenvalue weighted by atomic mass is 10.2. The number of nitrogens with two attached hydrogens (primary N) is 3. The summed E-state index contributed by atoms with van der Waals surface area (Å²) in [7, 11) is 1.56. The number of carbonyl (C=O) groups excluding carboxylic acids is 3. The van der Waals surface area contributed by atoms with Gasteiger partial charge in [-0.25, -0.2) is 9.78 Å². The quantitative estimate of drug-likeness (QED) is 0.125. The average molecular weight is 588 g/mol. The van der Waals surface area contributed by atoms with E-state index in [2.05, 4.69) is 15.6 Å². The van der Waals surface area contributed by atoms with Crippen molar-refractivity contribution in [1.82, 2.24) is 10.3 Å². The van der Waals surface area contributed by atoms with E-state index in [0.717, 1.165) is 0 Å². The van der Waals surface area contributed by atoms with Gasteiger partial charge in [-0.1, -0.05) is 48.5 Å². The molecule has 3 aromatic carbocycles. The van der Waals surface area contributed by atoms with E-state index in [-0.39, 0.29) is 37.5 Å². The summed E-state index contributed by atoms with van der Waals surface area (Å²) in [6, 6.07) is 25.7. The second kappa shape index (κ2) is 15.8. The molecular weight excluding hydrogens is 554 g/mol. The number of nitrogen functional groups attached to an aromatic ring is 3. The number of anilines is 5. The largest absolute Gasteiger partial charge is 0.455 e. The number of carbonyl (C=O) groups is 3. The maximum atomic E-state index is 12.0. The lowest BCUT2D eigenvalue weighted by Gasteiger charge is -2.19. The number of nitrogens with one attached hydrogen (secondary N) is 2. The molecule has 4 aromatic rings. The van der Waals surface area contributed by atoms with E-state index in [1.165, 1.54) is 11.0 Å². The predicted octanol–water partition coefficient (Wildman–Crippen LogP) is 2.98. The smallest absolute Gasteiger partial charge is 0.416 e. The summed E-state index contributed by atoms with van der Waals surface area (Å²) in [5, 5.41) is 14.3. The number of para-hydroxylation sites is 3. The van der Waals surface area contributed by atoms with E-state index in [1.807, 2.05) is 0 Å². The molecule has 0 unspecified atom stereocenters. The Labute approximate surface area is 248 Å². The van der Waals surface area contributed by atoms with Crippen LogP contribution in [0.1, 0.15) is 15.9 Å². The SMILES string of the molecule is CN(C(=O)OCOc1ccccc1N)c1ccccc1CO.Nc1ccc(NC(=O)CNC(=O)c2ccccc2)nc1N. The van der Waals surface area contributed by atoms with Gasteiger partial charge in [-0.05, 0) is 42.5 Å². The van der Waals surface area contributed by atoms with E-state index in [9.17, 15) is 19.5 Å². The number of aromatic nitrogens is 1. The highest BCUT2D eigenvalue weighted by atomic mass is 16.7. The summed E-state index contributed by atoms with van der Waals surface area (Å²) in [6.45, 7) is -0.580. The molecule has 0 atom stereocenters. The maximum absolute atomic E-state index is 12.0. The van der Waals surface area contributed by atoms with Crippen LogP contribution >= 0.6 is 0 Å². The van der Waals surface area contributed by atoms with Gasteiger partial charge >= 0.3 is 6.09 Å². The molecule has 9 N–H and O–H groups in total. The minimum atomic E-state index is -0.588. The number of ether oxygens (including phenoxy) is 2. The highest BCUT2D eigenvalue weighted by molar-refractivity contribution is 5.99. The Morgan fingerprint density at radius 1 is 0.860 bits per heavy atom. The minimum Gasteiger partial charge on any atom is -0.455 e. The third-order valence-corrected chi connectivity index (χ3v) is 5.78. The van der Waals surface area contributed by atoms with Crippen LogP contribution in [0.15, 0.2) is 91.0 Å². The Hall–Kier alpha value is -5.82. The van der Waals surface area contributed by atoms with Gasteiger partial charge in [0.15, 0.2) is 0 Å². The molecule has 0 aliphatic heterocycles. The van der Waals surface area contributed by atoms with Crippen LogP contribution in [0.5, 0.6) is 5.75 Å². The number of benzene rings is 3. The Morgan fingerprint density at radius 3 is 2.23 bits per heavy atom. The number of hydrogen-bond acceptors (Lipinski definition) is 10. The molecule has 3 amide bonds. The molecule has 0 aliphatic carbocycles. The standard InChI is InChI=1S/C16H18N2O4.C14H15N5O2/c1-18(14-8-4-2-6-12(14)10-19)16(20)22-11-21-15-9-5-3-7-13(15)17;15-10-6-7-11(19-13(10)16)18-12(20)8-17-14(21)9-4-2-1-3-5-9/h2-9,19H,10-11,17H2,1H3;1-7H,8,15H2,(H,17,21)(H3,16,18,19,20). The molecule has 0 spiro atoms. The van der Waals surface area contributed by atoms with Crippen molar-refractivity contribution >= 4 is 46.6 Å². The Kier molecular flexibility index (Phi) is 11.7. The topological polar surface area (TPSA) is 208 Å². The summed E-state index contributed by atoms with van der Waals surface area (Å²) in [5.41, 5.74) is 19.3. The molecule has 0 bridgehead atoms. The Bertz CT molecular complexity index is 1530. The molecule has 13 heteroatoms. The van der Waals surface area contributed by atoms with E-state index >= 15 is 0 Å². The van der Waals surface area contributed by atoms with Gasteiger partial charge < -0.3 is 42.4 Å². The highest BCUT2D eigenvalue weighted by Gasteiger charge is 2.15. The first-order chi connectivity index (χ1) is 20.7. The van der Waals surface area contributed by atoms with E-state index in [1.54, 1.807) is 92.0 Å². The monoisotopic (exact) mass is 587 g/mol. The van der Waals surface area contributed by atoms with Crippen LogP contribution < -0.4 is 37.5 Å². The third-order valence-electron chi connectivity index (χ3n) is 5.78. The summed E-state index contributed by atoms with van der Waals surface area (Å²) in [5.74, 6) is 0.141. The Morgan fingerprint density at radius 2 is 1.53 bits per heavy atom. The van der Waals surface area contributed by atoms with Gasteiger partial charge in [0.25, 0.3) is 5.91 Å². The summed E-state index contributed by atoms with van der Waals surface area (Å²) < 4.78 is 10.4. The van der Waals surface area contributed by atoms with Crippen LogP contribution in [0.3, 0.4) is 0 Å². The van der Waals surface area contributed by atoms with Gasteiger partial charge in [0.2, 0.25) is 12.7 Å². The van der Waals surface area contributed by atoms with Crippen molar-refractivity contribution < 1.29 is 29.0 Å². The normalized spacial score (nSPS) is 10.0. The van der Waals surface area contributed by atoms with Gasteiger partial charge in [0.05, 0.1) is 30.2 Å². The van der Waals surface area contributed by atoms with Gasteiger partial charge in [-0.3, -0.25) is 14.5 Å². The second-order valence-corrected chi connectivity index (χ2v) is 8.82. The summed E-state index contributed by atoms with van der Waals surface area (Å²) in [6.07, 6.45) is -0.588. The van der Waals surface area contributed by atoms with Crippen LogP contribution in [0, 0.1) is 0 Å². The van der Waals surface area contributed by atoms with Crippen molar-refractivity contribution in [2.24, 2.45) is 0 Å². The van der Waals surface area contributed by atoms with Gasteiger partial charge in [0.1, 0.15) is 17.4 Å². The number of hydrogen-bond donors (Lipinski definition) is 6. The van der Waals surface area contributed by atoms with Crippen LogP contribution in [0.25, 0.3) is 0 Å². The molecule has 0 fully saturated rings. The van der Waals surface area contributed by atoms with Crippen LogP contribution in [-0.4, -0.2) is 48.4 Å². The molecule has 0 aliphatic rings. The Balaban J connectivity index is 0.000000236. The molecule has 4 rings (SSSR count). The molecule has 1 aromatic heterocycles. The molecule has 13 nitrogen and oxygen atoms in total.